The fourth-order valence-electron chi connectivity index (χ4n) is 3.92. The molecule has 2 aliphatic carbocycles. The number of esters is 1. The van der Waals surface area contributed by atoms with E-state index in [1.165, 1.54) is 27.2 Å². The molecule has 152 valence electrons. The van der Waals surface area contributed by atoms with E-state index in [4.69, 9.17) is 9.47 Å². The van der Waals surface area contributed by atoms with Crippen LogP contribution in [-0.2, 0) is 14.3 Å². The molecule has 1 amide bonds. The van der Waals surface area contributed by atoms with Crippen molar-refractivity contribution in [1.82, 2.24) is 4.90 Å². The molecule has 0 N–H and O–H groups in total. The molecule has 5 nitrogen and oxygen atoms in total. The van der Waals surface area contributed by atoms with Gasteiger partial charge in [0, 0.05) is 12.0 Å². The Labute approximate surface area is 171 Å². The summed E-state index contributed by atoms with van der Waals surface area (Å²) in [6, 6.07) is 16.5. The molecule has 2 aromatic rings. The molecule has 5 heteroatoms. The summed E-state index contributed by atoms with van der Waals surface area (Å²) in [5.74, 6) is -0.396. The Morgan fingerprint density at radius 2 is 1.52 bits per heavy atom. The van der Waals surface area contributed by atoms with Crippen LogP contribution in [-0.4, -0.2) is 41.8 Å². The first-order valence-corrected chi connectivity index (χ1v) is 10.2. The minimum absolute atomic E-state index is 0.00827. The normalized spacial score (nSPS) is 15.4. The second kappa shape index (κ2) is 7.54. The Kier molecular flexibility index (Phi) is 5.07. The molecule has 0 unspecified atom stereocenters. The van der Waals surface area contributed by atoms with Gasteiger partial charge in [-0.1, -0.05) is 48.5 Å². The number of hydrogen-bond acceptors (Lipinski definition) is 4. The smallest absolute Gasteiger partial charge is 0.410 e. The summed E-state index contributed by atoms with van der Waals surface area (Å²) in [5.41, 5.74) is 4.15. The zero-order valence-corrected chi connectivity index (χ0v) is 17.2. The van der Waals surface area contributed by atoms with Crippen molar-refractivity contribution in [2.75, 3.05) is 13.2 Å². The molecular formula is C24H27NO4. The molecule has 0 aliphatic heterocycles. The van der Waals surface area contributed by atoms with Crippen molar-refractivity contribution in [3.63, 3.8) is 0 Å². The molecule has 29 heavy (non-hydrogen) atoms. The van der Waals surface area contributed by atoms with Gasteiger partial charge < -0.3 is 9.47 Å². The van der Waals surface area contributed by atoms with Gasteiger partial charge in [0.15, 0.2) is 0 Å². The Hall–Kier alpha value is -2.82. The number of hydrogen-bond donors (Lipinski definition) is 0. The van der Waals surface area contributed by atoms with E-state index >= 15 is 0 Å². The van der Waals surface area contributed by atoms with Crippen LogP contribution >= 0.6 is 0 Å². The van der Waals surface area contributed by atoms with Crippen molar-refractivity contribution < 1.29 is 19.1 Å². The van der Waals surface area contributed by atoms with Gasteiger partial charge in [-0.15, -0.1) is 0 Å². The summed E-state index contributed by atoms with van der Waals surface area (Å²) in [6.45, 7) is 5.64. The van der Waals surface area contributed by atoms with Crippen LogP contribution in [0.3, 0.4) is 0 Å². The molecule has 1 saturated carbocycles. The molecule has 0 saturated heterocycles. The monoisotopic (exact) mass is 393 g/mol. The van der Waals surface area contributed by atoms with Crippen molar-refractivity contribution in [2.24, 2.45) is 0 Å². The van der Waals surface area contributed by atoms with Gasteiger partial charge in [0.2, 0.25) is 0 Å². The third kappa shape index (κ3) is 4.29. The highest BCUT2D eigenvalue weighted by Gasteiger charge is 2.37. The zero-order valence-electron chi connectivity index (χ0n) is 17.2. The maximum absolute atomic E-state index is 12.8. The van der Waals surface area contributed by atoms with Crippen LogP contribution < -0.4 is 0 Å². The van der Waals surface area contributed by atoms with E-state index in [1.807, 2.05) is 45.0 Å². The summed E-state index contributed by atoms with van der Waals surface area (Å²) >= 11 is 0. The summed E-state index contributed by atoms with van der Waals surface area (Å²) in [6.07, 6.45) is 1.35. The summed E-state index contributed by atoms with van der Waals surface area (Å²) < 4.78 is 11.1. The third-order valence-corrected chi connectivity index (χ3v) is 5.28. The number of nitrogens with zero attached hydrogens (tertiary/aromatic N) is 1. The molecule has 0 bridgehead atoms. The zero-order chi connectivity index (χ0) is 20.6. The average Bonchev–Trinajstić information content (AvgIpc) is 3.46. The van der Waals surface area contributed by atoms with Crippen LogP contribution in [0.15, 0.2) is 48.5 Å². The molecule has 0 heterocycles. The maximum atomic E-state index is 12.8. The van der Waals surface area contributed by atoms with E-state index in [9.17, 15) is 9.59 Å². The first-order valence-electron chi connectivity index (χ1n) is 10.2. The molecule has 2 aliphatic rings. The topological polar surface area (TPSA) is 55.8 Å². The van der Waals surface area contributed by atoms with Gasteiger partial charge in [-0.05, 0) is 55.9 Å². The number of rotatable bonds is 5. The van der Waals surface area contributed by atoms with E-state index in [2.05, 4.69) is 24.3 Å². The Balaban J connectivity index is 1.45. The minimum Gasteiger partial charge on any atom is -0.459 e. The van der Waals surface area contributed by atoms with Gasteiger partial charge in [-0.2, -0.15) is 0 Å². The predicted octanol–water partition coefficient (Wildman–Crippen LogP) is 4.74. The van der Waals surface area contributed by atoms with E-state index < -0.39 is 17.7 Å². The fraction of sp³-hybridized carbons (Fsp3) is 0.417. The van der Waals surface area contributed by atoms with Crippen molar-refractivity contribution in [1.29, 1.82) is 0 Å². The van der Waals surface area contributed by atoms with Gasteiger partial charge >= 0.3 is 12.1 Å². The lowest BCUT2D eigenvalue weighted by Crippen LogP contribution is -2.40. The number of carbonyl (C=O) groups is 2. The highest BCUT2D eigenvalue weighted by Crippen LogP contribution is 2.44. The Bertz CT molecular complexity index is 881. The Morgan fingerprint density at radius 1 is 0.966 bits per heavy atom. The molecule has 0 atom stereocenters. The van der Waals surface area contributed by atoms with Crippen molar-refractivity contribution in [3.05, 3.63) is 59.7 Å². The second-order valence-electron chi connectivity index (χ2n) is 8.75. The van der Waals surface area contributed by atoms with E-state index in [0.717, 1.165) is 12.8 Å². The number of amides is 1. The summed E-state index contributed by atoms with van der Waals surface area (Å²) in [5, 5.41) is 0. The van der Waals surface area contributed by atoms with Crippen LogP contribution in [0.1, 0.15) is 50.7 Å². The third-order valence-electron chi connectivity index (χ3n) is 5.28. The number of fused-ring (bicyclic) bond motifs is 3. The fourth-order valence-corrected chi connectivity index (χ4v) is 3.92. The van der Waals surface area contributed by atoms with Crippen molar-refractivity contribution >= 4 is 12.1 Å². The van der Waals surface area contributed by atoms with Crippen LogP contribution in [0.4, 0.5) is 4.79 Å². The Morgan fingerprint density at radius 3 is 2.03 bits per heavy atom. The van der Waals surface area contributed by atoms with Gasteiger partial charge in [0.1, 0.15) is 18.8 Å². The van der Waals surface area contributed by atoms with E-state index in [0.29, 0.717) is 0 Å². The number of carbonyl (C=O) groups excluding carboxylic acids is 2. The predicted molar refractivity (Wildman–Crippen MR) is 111 cm³/mol. The quantitative estimate of drug-likeness (QED) is 0.689. The van der Waals surface area contributed by atoms with E-state index in [1.54, 1.807) is 0 Å². The number of ether oxygens (including phenoxy) is 2. The molecular weight excluding hydrogens is 366 g/mol. The lowest BCUT2D eigenvalue weighted by Gasteiger charge is -2.25. The summed E-state index contributed by atoms with van der Waals surface area (Å²) in [4.78, 5) is 26.5. The summed E-state index contributed by atoms with van der Waals surface area (Å²) in [7, 11) is 0. The highest BCUT2D eigenvalue weighted by molar-refractivity contribution is 5.80. The molecule has 4 rings (SSSR count). The van der Waals surface area contributed by atoms with Gasteiger partial charge in [0.05, 0.1) is 0 Å². The SMILES string of the molecule is CC(C)(C)OC(=O)CN(C(=O)OCC1c2ccccc2-c2ccccc21)C1CC1. The second-order valence-corrected chi connectivity index (χ2v) is 8.75. The number of benzene rings is 2. The van der Waals surface area contributed by atoms with Gasteiger partial charge in [-0.25, -0.2) is 4.79 Å². The molecule has 2 aromatic carbocycles. The van der Waals surface area contributed by atoms with Gasteiger partial charge in [-0.3, -0.25) is 9.69 Å². The van der Waals surface area contributed by atoms with Gasteiger partial charge in [0.25, 0.3) is 0 Å². The molecule has 0 spiro atoms. The van der Waals surface area contributed by atoms with Crippen LogP contribution in [0.25, 0.3) is 11.1 Å². The lowest BCUT2D eigenvalue weighted by atomic mass is 9.98. The largest absolute Gasteiger partial charge is 0.459 e. The molecule has 0 aromatic heterocycles. The molecule has 1 fully saturated rings. The lowest BCUT2D eigenvalue weighted by molar-refractivity contribution is -0.155. The molecule has 0 radical (unpaired) electrons. The highest BCUT2D eigenvalue weighted by atomic mass is 16.6. The van der Waals surface area contributed by atoms with Crippen molar-refractivity contribution in [3.8, 4) is 11.1 Å². The van der Waals surface area contributed by atoms with Crippen LogP contribution in [0, 0.1) is 0 Å². The standard InChI is InChI=1S/C24H27NO4/c1-24(2,3)29-22(26)14-25(16-12-13-16)23(27)28-15-21-19-10-6-4-8-17(19)18-9-5-7-11-20(18)21/h4-11,16,21H,12-15H2,1-3H3. The van der Waals surface area contributed by atoms with Crippen LogP contribution in [0.5, 0.6) is 0 Å². The first kappa shape index (κ1) is 19.5. The average molecular weight is 393 g/mol. The van der Waals surface area contributed by atoms with Crippen LogP contribution in [0.2, 0.25) is 0 Å². The minimum atomic E-state index is -0.576. The maximum Gasteiger partial charge on any atom is 0.410 e. The first-order chi connectivity index (χ1) is 13.8. The van der Waals surface area contributed by atoms with E-state index in [-0.39, 0.29) is 25.1 Å². The van der Waals surface area contributed by atoms with Crippen molar-refractivity contribution in [2.45, 2.75) is 51.2 Å².